The molecule has 5 aliphatic rings. The Balaban J connectivity index is 1.50. The number of carbonyl (C=O) groups is 1. The lowest BCUT2D eigenvalue weighted by molar-refractivity contribution is -0.193. The molecule has 4 fully saturated rings. The van der Waals surface area contributed by atoms with Crippen molar-refractivity contribution in [3.63, 3.8) is 0 Å². The number of amides is 1. The Hall–Kier alpha value is -0.830. The van der Waals surface area contributed by atoms with E-state index in [4.69, 9.17) is 0 Å². The summed E-state index contributed by atoms with van der Waals surface area (Å²) in [6.45, 7) is 29.0. The molecule has 1 N–H and O–H groups in total. The zero-order valence-electron chi connectivity index (χ0n) is 28.9. The number of rotatable bonds is 7. The van der Waals surface area contributed by atoms with Crippen molar-refractivity contribution < 1.29 is 4.79 Å². The van der Waals surface area contributed by atoms with Gasteiger partial charge in [-0.05, 0) is 129 Å². The summed E-state index contributed by atoms with van der Waals surface area (Å²) in [4.78, 5) is 16.7. The zero-order valence-corrected chi connectivity index (χ0v) is 28.9. The van der Waals surface area contributed by atoms with Crippen LogP contribution in [0.15, 0.2) is 11.1 Å². The van der Waals surface area contributed by atoms with E-state index in [1.54, 1.807) is 11.1 Å². The third-order valence-electron chi connectivity index (χ3n) is 15.3. The number of fused-ring (bicyclic) bond motifs is 6. The summed E-state index contributed by atoms with van der Waals surface area (Å²) in [6, 6.07) is 0. The second-order valence-electron chi connectivity index (χ2n) is 17.6. The number of nitrogens with one attached hydrogen (secondary N) is 1. The molecule has 0 heterocycles. The van der Waals surface area contributed by atoms with Crippen LogP contribution in [0.1, 0.15) is 146 Å². The highest BCUT2D eigenvalue weighted by Gasteiger charge is 2.68. The van der Waals surface area contributed by atoms with Gasteiger partial charge in [-0.25, -0.2) is 0 Å². The molecule has 0 radical (unpaired) electrons. The molecule has 3 heteroatoms. The van der Waals surface area contributed by atoms with Crippen LogP contribution in [0.5, 0.6) is 0 Å². The number of hydrogen-bond acceptors (Lipinski definition) is 2. The molecule has 3 nitrogen and oxygen atoms in total. The van der Waals surface area contributed by atoms with Crippen molar-refractivity contribution in [3.05, 3.63) is 11.1 Å². The van der Waals surface area contributed by atoms with Crippen molar-refractivity contribution in [1.29, 1.82) is 0 Å². The minimum absolute atomic E-state index is 0.226. The van der Waals surface area contributed by atoms with Gasteiger partial charge in [0.2, 0.25) is 5.91 Å². The molecule has 0 aliphatic heterocycles. The molecule has 5 aliphatic carbocycles. The van der Waals surface area contributed by atoms with Gasteiger partial charge in [-0.15, -0.1) is 0 Å². The average Bonchev–Trinajstić information content (AvgIpc) is 2.91. The number of allylic oxidation sites excluding steroid dienone is 1. The Labute approximate surface area is 254 Å². The first-order chi connectivity index (χ1) is 19.1. The van der Waals surface area contributed by atoms with Crippen molar-refractivity contribution in [3.8, 4) is 0 Å². The van der Waals surface area contributed by atoms with Gasteiger partial charge in [0.25, 0.3) is 0 Å². The van der Waals surface area contributed by atoms with Crippen LogP contribution in [0.25, 0.3) is 0 Å². The summed E-state index contributed by atoms with van der Waals surface area (Å²) in [7, 11) is 0. The molecule has 0 saturated heterocycles. The molecule has 41 heavy (non-hydrogen) atoms. The quantitative estimate of drug-likeness (QED) is 0.311. The molecule has 4 saturated carbocycles. The average molecular weight is 567 g/mol. The summed E-state index contributed by atoms with van der Waals surface area (Å²) >= 11 is 0. The van der Waals surface area contributed by atoms with Gasteiger partial charge in [-0.1, -0.05) is 86.8 Å². The minimum atomic E-state index is -0.265. The molecule has 1 amide bonds. The van der Waals surface area contributed by atoms with Crippen LogP contribution in [0.4, 0.5) is 0 Å². The van der Waals surface area contributed by atoms with Gasteiger partial charge < -0.3 is 10.2 Å². The second kappa shape index (κ2) is 10.7. The molecule has 0 aromatic rings. The topological polar surface area (TPSA) is 32.3 Å². The molecular weight excluding hydrogens is 500 g/mol. The zero-order chi connectivity index (χ0) is 30.1. The lowest BCUT2D eigenvalue weighted by atomic mass is 9.33. The maximum atomic E-state index is 14.3. The first-order valence-corrected chi connectivity index (χ1v) is 17.9. The van der Waals surface area contributed by atoms with Crippen molar-refractivity contribution in [2.45, 2.75) is 146 Å². The van der Waals surface area contributed by atoms with E-state index in [9.17, 15) is 4.79 Å². The molecule has 7 atom stereocenters. The molecule has 5 rings (SSSR count). The second-order valence-corrected chi connectivity index (χ2v) is 17.6. The Kier molecular flexibility index (Phi) is 8.21. The first-order valence-electron chi connectivity index (χ1n) is 17.9. The van der Waals surface area contributed by atoms with Gasteiger partial charge in [-0.2, -0.15) is 0 Å². The van der Waals surface area contributed by atoms with E-state index in [0.717, 1.165) is 69.6 Å². The fourth-order valence-corrected chi connectivity index (χ4v) is 12.5. The molecule has 0 aromatic heterocycles. The summed E-state index contributed by atoms with van der Waals surface area (Å²) in [6.07, 6.45) is 15.1. The van der Waals surface area contributed by atoms with E-state index in [1.807, 2.05) is 0 Å². The largest absolute Gasteiger partial charge is 0.354 e. The fraction of sp³-hybridized carbons (Fsp3) is 0.921. The SMILES string of the molecule is CC[C@H]1CC[C@]2(C)[C@H]3CCC4=C5CC(C)(C)CC[C@]5(C(=O)NCCN(CC)CC)CC[C@@]4(C)[C@]3(C)CC[C@H]2C1(C)C. The van der Waals surface area contributed by atoms with Crippen LogP contribution in [-0.2, 0) is 4.79 Å². The number of carbonyl (C=O) groups excluding carboxylic acids is 1. The van der Waals surface area contributed by atoms with Crippen LogP contribution >= 0.6 is 0 Å². The predicted octanol–water partition coefficient (Wildman–Crippen LogP) is 9.42. The standard InChI is InChI=1S/C38H66N2O/c1-11-27-16-18-35(8)30(34(27,6)7)17-19-37(10)31(35)15-14-28-29-26-33(4,5)20-22-38(29,23-21-36(28,37)9)32(41)39-24-25-40(12-2)13-3/h27,30-31H,11-26H2,1-10H3,(H,39,41)/t27-,30-,31+,35-,36+,37+,38-/m0/s1. The van der Waals surface area contributed by atoms with Crippen LogP contribution in [0.3, 0.4) is 0 Å². The van der Waals surface area contributed by atoms with Crippen molar-refractivity contribution in [1.82, 2.24) is 10.2 Å². The molecular formula is C38H66N2O. The molecule has 0 bridgehead atoms. The fourth-order valence-electron chi connectivity index (χ4n) is 12.5. The van der Waals surface area contributed by atoms with Gasteiger partial charge in [0, 0.05) is 13.1 Å². The third kappa shape index (κ3) is 4.63. The number of nitrogens with zero attached hydrogens (tertiary/aromatic N) is 1. The summed E-state index contributed by atoms with van der Waals surface area (Å²) in [5, 5.41) is 3.49. The Morgan fingerprint density at radius 3 is 2.15 bits per heavy atom. The van der Waals surface area contributed by atoms with Gasteiger partial charge in [0.15, 0.2) is 0 Å². The highest BCUT2D eigenvalue weighted by molar-refractivity contribution is 5.87. The van der Waals surface area contributed by atoms with Crippen molar-refractivity contribution in [2.75, 3.05) is 26.2 Å². The summed E-state index contributed by atoms with van der Waals surface area (Å²) < 4.78 is 0. The maximum Gasteiger partial charge on any atom is 0.230 e. The van der Waals surface area contributed by atoms with Gasteiger partial charge >= 0.3 is 0 Å². The van der Waals surface area contributed by atoms with E-state index in [1.165, 1.54) is 51.4 Å². The Bertz CT molecular complexity index is 1040. The summed E-state index contributed by atoms with van der Waals surface area (Å²) in [5.74, 6) is 2.87. The van der Waals surface area contributed by atoms with Crippen LogP contribution in [-0.4, -0.2) is 37.0 Å². The highest BCUT2D eigenvalue weighted by Crippen LogP contribution is 2.76. The molecule has 234 valence electrons. The number of hydrogen-bond donors (Lipinski definition) is 1. The number of likely N-dealkylation sites (N-methyl/N-ethyl adjacent to an activating group) is 1. The van der Waals surface area contributed by atoms with Crippen LogP contribution in [0.2, 0.25) is 0 Å². The van der Waals surface area contributed by atoms with Crippen LogP contribution < -0.4 is 5.32 Å². The Morgan fingerprint density at radius 2 is 1.49 bits per heavy atom. The van der Waals surface area contributed by atoms with Gasteiger partial charge in [0.1, 0.15) is 0 Å². The van der Waals surface area contributed by atoms with Crippen molar-refractivity contribution in [2.24, 2.45) is 50.2 Å². The lowest BCUT2D eigenvalue weighted by Crippen LogP contribution is -2.64. The van der Waals surface area contributed by atoms with Gasteiger partial charge in [0.05, 0.1) is 5.41 Å². The molecule has 0 aromatic carbocycles. The smallest absolute Gasteiger partial charge is 0.230 e. The van der Waals surface area contributed by atoms with E-state index in [-0.39, 0.29) is 16.2 Å². The van der Waals surface area contributed by atoms with E-state index in [2.05, 4.69) is 79.5 Å². The molecule has 0 spiro atoms. The summed E-state index contributed by atoms with van der Waals surface area (Å²) in [5.41, 5.74) is 4.83. The minimum Gasteiger partial charge on any atom is -0.354 e. The highest BCUT2D eigenvalue weighted by atomic mass is 16.2. The van der Waals surface area contributed by atoms with Gasteiger partial charge in [-0.3, -0.25) is 4.79 Å². The van der Waals surface area contributed by atoms with E-state index < -0.39 is 0 Å². The third-order valence-corrected chi connectivity index (χ3v) is 15.3. The lowest BCUT2D eigenvalue weighted by Gasteiger charge is -2.71. The first kappa shape index (κ1) is 31.6. The van der Waals surface area contributed by atoms with Crippen molar-refractivity contribution >= 4 is 5.91 Å². The van der Waals surface area contributed by atoms with Crippen LogP contribution in [0, 0.1) is 50.2 Å². The monoisotopic (exact) mass is 567 g/mol. The molecule has 0 unspecified atom stereocenters. The van der Waals surface area contributed by atoms with E-state index >= 15 is 0 Å². The predicted molar refractivity (Wildman–Crippen MR) is 174 cm³/mol. The normalized spacial score (nSPS) is 43.0. The maximum absolute atomic E-state index is 14.3. The Morgan fingerprint density at radius 1 is 0.805 bits per heavy atom. The van der Waals surface area contributed by atoms with E-state index in [0.29, 0.717) is 22.2 Å².